The quantitative estimate of drug-likeness (QED) is 0.882. The average Bonchev–Trinajstić information content (AvgIpc) is 2.95. The molecular formula is C18H21NO4. The summed E-state index contributed by atoms with van der Waals surface area (Å²) in [6.45, 7) is 0.511. The number of piperidine rings is 1. The van der Waals surface area contributed by atoms with Crippen molar-refractivity contribution in [3.63, 3.8) is 0 Å². The minimum absolute atomic E-state index is 0.0191. The zero-order valence-corrected chi connectivity index (χ0v) is 12.7. The molecule has 1 spiro atoms. The second-order valence-corrected chi connectivity index (χ2v) is 6.96. The summed E-state index contributed by atoms with van der Waals surface area (Å²) >= 11 is 0. The molecule has 2 bridgehead atoms. The largest absolute Gasteiger partial charge is 0.493 e. The van der Waals surface area contributed by atoms with E-state index >= 15 is 0 Å². The second-order valence-electron chi connectivity index (χ2n) is 6.96. The summed E-state index contributed by atoms with van der Waals surface area (Å²) in [6.07, 6.45) is -1.41. The number of ether oxygens (including phenoxy) is 2. The number of aliphatic hydroxyl groups is 1. The first-order valence-electron chi connectivity index (χ1n) is 11.3. The monoisotopic (exact) mass is 322 g/mol. The highest BCUT2D eigenvalue weighted by molar-refractivity contribution is 5.90. The van der Waals surface area contributed by atoms with Crippen LogP contribution in [0.2, 0.25) is 0 Å². The van der Waals surface area contributed by atoms with Crippen LogP contribution in [0.15, 0.2) is 12.1 Å². The van der Waals surface area contributed by atoms with Gasteiger partial charge in [0.05, 0.1) is 26.3 Å². The minimum atomic E-state index is -2.91. The summed E-state index contributed by atoms with van der Waals surface area (Å²) in [7, 11) is -1.03. The van der Waals surface area contributed by atoms with E-state index < -0.39 is 41.7 Å². The fourth-order valence-corrected chi connectivity index (χ4v) is 5.17. The first-order valence-corrected chi connectivity index (χ1v) is 7.86. The van der Waals surface area contributed by atoms with Gasteiger partial charge in [-0.25, -0.2) is 0 Å². The maximum atomic E-state index is 13.1. The first-order chi connectivity index (χ1) is 13.9. The molecule has 1 aromatic carbocycles. The van der Waals surface area contributed by atoms with Gasteiger partial charge in [0, 0.05) is 18.0 Å². The van der Waals surface area contributed by atoms with Crippen molar-refractivity contribution in [3.05, 3.63) is 23.2 Å². The van der Waals surface area contributed by atoms with Gasteiger partial charge in [-0.15, -0.1) is 0 Å². The van der Waals surface area contributed by atoms with Crippen LogP contribution < -0.4 is 9.47 Å². The van der Waals surface area contributed by atoms with E-state index in [0.29, 0.717) is 17.7 Å². The summed E-state index contributed by atoms with van der Waals surface area (Å²) in [6, 6.07) is -1.05. The summed E-state index contributed by atoms with van der Waals surface area (Å²) in [5, 5.41) is 5.39. The van der Waals surface area contributed by atoms with Gasteiger partial charge in [0.25, 0.3) is 0 Å². The summed E-state index contributed by atoms with van der Waals surface area (Å²) < 4.78 is 67.5. The second kappa shape index (κ2) is 4.08. The predicted molar refractivity (Wildman–Crippen MR) is 83.0 cm³/mol. The topological polar surface area (TPSA) is 59.0 Å². The third kappa shape index (κ3) is 1.32. The SMILES string of the molecule is [2H]O[C@@]12CCC(=O)C3([2H])Oc4c(OC([2H])([2H])[2H])c([2H])c([2H])c5c4[C@@]31CCN(C)[C@@H]2C5. The molecule has 0 aromatic heterocycles. The van der Waals surface area contributed by atoms with Crippen LogP contribution >= 0.6 is 0 Å². The Morgan fingerprint density at radius 2 is 2.52 bits per heavy atom. The smallest absolute Gasteiger partial charge is 0.211 e. The van der Waals surface area contributed by atoms with Crippen molar-refractivity contribution in [2.45, 2.75) is 48.8 Å². The van der Waals surface area contributed by atoms with E-state index in [9.17, 15) is 4.79 Å². The summed E-state index contributed by atoms with van der Waals surface area (Å²) in [4.78, 5) is 15.1. The number of Topliss-reactive ketones (excluding diaryl/α,β-unsaturated/α-hetero) is 1. The van der Waals surface area contributed by atoms with Gasteiger partial charge in [0.2, 0.25) is 1.43 Å². The molecular weight excluding hydrogens is 294 g/mol. The van der Waals surface area contributed by atoms with E-state index in [2.05, 4.69) is 0 Å². The molecule has 5 heteroatoms. The van der Waals surface area contributed by atoms with Crippen LogP contribution in [0.25, 0.3) is 0 Å². The molecule has 2 fully saturated rings. The number of methoxy groups -OCH3 is 1. The molecule has 0 radical (unpaired) electrons. The Hall–Kier alpha value is -1.59. The van der Waals surface area contributed by atoms with Crippen LogP contribution in [0.4, 0.5) is 0 Å². The van der Waals surface area contributed by atoms with E-state index in [1.165, 1.54) is 0 Å². The molecule has 4 aliphatic rings. The van der Waals surface area contributed by atoms with Crippen molar-refractivity contribution in [1.29, 1.82) is 1.43 Å². The number of hydrogen-bond acceptors (Lipinski definition) is 5. The number of benzene rings is 1. The third-order valence-electron chi connectivity index (χ3n) is 6.19. The van der Waals surface area contributed by atoms with Crippen molar-refractivity contribution in [1.82, 2.24) is 4.90 Å². The molecule has 5 rings (SSSR count). The third-order valence-corrected chi connectivity index (χ3v) is 6.19. The lowest BCUT2D eigenvalue weighted by molar-refractivity contribution is -0.185. The zero-order chi connectivity index (χ0) is 21.9. The Bertz CT molecular complexity index is 985. The van der Waals surface area contributed by atoms with E-state index in [4.69, 9.17) is 24.2 Å². The van der Waals surface area contributed by atoms with Crippen LogP contribution in [0.3, 0.4) is 0 Å². The molecule has 1 N–H and O–H groups in total. The molecule has 2 aliphatic carbocycles. The number of likely N-dealkylation sites (N-methyl/N-ethyl adjacent to an activating group) is 1. The lowest BCUT2D eigenvalue weighted by atomic mass is 9.49. The number of carbonyl (C=O) groups excluding carboxylic acids is 1. The maximum Gasteiger partial charge on any atom is 0.211 e. The van der Waals surface area contributed by atoms with Crippen LogP contribution in [0, 0.1) is 0 Å². The molecule has 122 valence electrons. The van der Waals surface area contributed by atoms with Gasteiger partial charge in [-0.1, -0.05) is 6.04 Å². The van der Waals surface area contributed by atoms with Gasteiger partial charge >= 0.3 is 0 Å². The summed E-state index contributed by atoms with van der Waals surface area (Å²) in [5.41, 5.74) is -1.85. The van der Waals surface area contributed by atoms with Crippen LogP contribution in [0.1, 0.15) is 38.6 Å². The fourth-order valence-electron chi connectivity index (χ4n) is 5.17. The van der Waals surface area contributed by atoms with Crippen molar-refractivity contribution in [2.75, 3.05) is 20.6 Å². The van der Waals surface area contributed by atoms with E-state index in [-0.39, 0.29) is 43.5 Å². The van der Waals surface area contributed by atoms with Gasteiger partial charge in [-0.05, 0) is 44.5 Å². The van der Waals surface area contributed by atoms with Crippen molar-refractivity contribution >= 4 is 5.78 Å². The molecule has 5 nitrogen and oxygen atoms in total. The number of ketones is 1. The van der Waals surface area contributed by atoms with Crippen LogP contribution in [-0.2, 0) is 16.6 Å². The molecule has 1 saturated carbocycles. The van der Waals surface area contributed by atoms with Crippen LogP contribution in [0.5, 0.6) is 11.5 Å². The number of carbonyl (C=O) groups is 1. The minimum Gasteiger partial charge on any atom is -0.493 e. The number of rotatable bonds is 2. The van der Waals surface area contributed by atoms with Crippen LogP contribution in [-0.4, -0.2) is 55.6 Å². The van der Waals surface area contributed by atoms with Gasteiger partial charge < -0.3 is 19.5 Å². The van der Waals surface area contributed by atoms with Gasteiger partial charge in [0.15, 0.2) is 23.4 Å². The lowest BCUT2D eigenvalue weighted by Crippen LogP contribution is -2.76. The number of nitrogens with zero attached hydrogens (tertiary/aromatic N) is 1. The average molecular weight is 322 g/mol. The molecule has 2 aliphatic heterocycles. The number of likely N-dealkylation sites (tertiary alicyclic amines) is 1. The Morgan fingerprint density at radius 1 is 1.61 bits per heavy atom. The summed E-state index contributed by atoms with van der Waals surface area (Å²) in [5.74, 6) is -1.09. The van der Waals surface area contributed by atoms with E-state index in [1.54, 1.807) is 0 Å². The maximum absolute atomic E-state index is 13.1. The predicted octanol–water partition coefficient (Wildman–Crippen LogP) is 1.05. The van der Waals surface area contributed by atoms with Gasteiger partial charge in [-0.3, -0.25) is 4.79 Å². The Kier molecular flexibility index (Phi) is 1.51. The Balaban J connectivity index is 1.90. The Morgan fingerprint density at radius 3 is 3.35 bits per heavy atom. The van der Waals surface area contributed by atoms with Crippen molar-refractivity contribution in [2.24, 2.45) is 0 Å². The molecule has 23 heavy (non-hydrogen) atoms. The number of hydrogen-bond donors (Lipinski definition) is 1. The molecule has 4 atom stereocenters. The van der Waals surface area contributed by atoms with Crippen molar-refractivity contribution in [3.8, 4) is 11.5 Å². The van der Waals surface area contributed by atoms with Gasteiger partial charge in [0.1, 0.15) is 0 Å². The lowest BCUT2D eigenvalue weighted by Gasteiger charge is -2.62. The Labute approximate surface area is 145 Å². The fraction of sp³-hybridized carbons (Fsp3) is 0.611. The van der Waals surface area contributed by atoms with E-state index in [0.717, 1.165) is 0 Å². The van der Waals surface area contributed by atoms with E-state index in [1.807, 2.05) is 11.9 Å². The molecule has 0 amide bonds. The molecule has 1 aromatic rings. The normalized spacial score (nSPS) is 48.7. The highest BCUT2D eigenvalue weighted by atomic mass is 16.5. The highest BCUT2D eigenvalue weighted by Gasteiger charge is 2.72. The van der Waals surface area contributed by atoms with Crippen molar-refractivity contribution < 1.29 is 27.6 Å². The highest BCUT2D eigenvalue weighted by Crippen LogP contribution is 2.64. The zero-order valence-electron chi connectivity index (χ0n) is 19.7. The molecule has 1 saturated heterocycles. The van der Waals surface area contributed by atoms with Gasteiger partial charge in [-0.2, -0.15) is 0 Å². The first kappa shape index (κ1) is 8.49. The molecule has 1 unspecified atom stereocenters. The standard InChI is InChI=1S/C18H21NO4/c1-19-8-7-17-14-10-3-4-12(22-2)15(14)23-16(17)11(20)5-6-18(17,21)13(19)9-10/h3-4,13,16,21H,5-9H2,1-2H3/t13-,16?,17+,18-/m1/s1/i2D3,3D,4D,16D,21D. The molecule has 2 heterocycles.